The van der Waals surface area contributed by atoms with Gasteiger partial charge in [0.05, 0.1) is 11.1 Å². The Hall–Kier alpha value is -1.38. The molecule has 0 saturated heterocycles. The van der Waals surface area contributed by atoms with E-state index in [4.69, 9.17) is 11.6 Å². The van der Waals surface area contributed by atoms with Crippen LogP contribution in [0.5, 0.6) is 0 Å². The number of rotatable bonds is 3. The first-order valence-electron chi connectivity index (χ1n) is 6.17. The highest BCUT2D eigenvalue weighted by Crippen LogP contribution is 2.27. The zero-order valence-electron chi connectivity index (χ0n) is 11.0. The van der Waals surface area contributed by atoms with Crippen LogP contribution >= 0.6 is 11.6 Å². The Morgan fingerprint density at radius 2 is 1.95 bits per heavy atom. The minimum Gasteiger partial charge on any atom is -0.388 e. The standard InChI is InChI=1S/C16H16ClFO/c1-10-6-7-13(11(2)8-10)15(19)9-12-4-3-5-14(18)16(12)17/h3-8,15,19H,9H2,1-2H3. The zero-order valence-corrected chi connectivity index (χ0v) is 11.7. The van der Waals surface area contributed by atoms with Gasteiger partial charge in [0.15, 0.2) is 0 Å². The van der Waals surface area contributed by atoms with Crippen LogP contribution in [0.25, 0.3) is 0 Å². The molecule has 0 bridgehead atoms. The first kappa shape index (κ1) is 14.0. The smallest absolute Gasteiger partial charge is 0.142 e. The molecule has 3 heteroatoms. The van der Waals surface area contributed by atoms with Crippen LogP contribution in [0.15, 0.2) is 36.4 Å². The monoisotopic (exact) mass is 278 g/mol. The van der Waals surface area contributed by atoms with Crippen molar-refractivity contribution >= 4 is 11.6 Å². The average molecular weight is 279 g/mol. The highest BCUT2D eigenvalue weighted by molar-refractivity contribution is 6.31. The molecule has 1 atom stereocenters. The third kappa shape index (κ3) is 3.14. The summed E-state index contributed by atoms with van der Waals surface area (Å²) in [6.07, 6.45) is -0.375. The van der Waals surface area contributed by atoms with Crippen LogP contribution in [-0.4, -0.2) is 5.11 Å². The number of hydrogen-bond donors (Lipinski definition) is 1. The number of aliphatic hydroxyl groups excluding tert-OH is 1. The lowest BCUT2D eigenvalue weighted by Crippen LogP contribution is -2.05. The fraction of sp³-hybridized carbons (Fsp3) is 0.250. The summed E-state index contributed by atoms with van der Waals surface area (Å²) in [5, 5.41) is 10.4. The SMILES string of the molecule is Cc1ccc(C(O)Cc2cccc(F)c2Cl)c(C)c1. The van der Waals surface area contributed by atoms with Crippen molar-refractivity contribution in [1.82, 2.24) is 0 Å². The number of halogens is 2. The predicted octanol–water partition coefficient (Wildman–Crippen LogP) is 4.37. The van der Waals surface area contributed by atoms with Crippen LogP contribution in [0, 0.1) is 19.7 Å². The van der Waals surface area contributed by atoms with E-state index < -0.39 is 11.9 Å². The van der Waals surface area contributed by atoms with Gasteiger partial charge in [-0.2, -0.15) is 0 Å². The molecule has 0 aliphatic carbocycles. The normalized spacial score (nSPS) is 12.5. The zero-order chi connectivity index (χ0) is 14.0. The molecule has 0 aliphatic rings. The quantitative estimate of drug-likeness (QED) is 0.884. The number of benzene rings is 2. The summed E-state index contributed by atoms with van der Waals surface area (Å²) in [7, 11) is 0. The predicted molar refractivity (Wildman–Crippen MR) is 76.0 cm³/mol. The van der Waals surface area contributed by atoms with Gasteiger partial charge in [-0.1, -0.05) is 47.5 Å². The van der Waals surface area contributed by atoms with E-state index in [1.165, 1.54) is 6.07 Å². The lowest BCUT2D eigenvalue weighted by Gasteiger charge is -2.15. The lowest BCUT2D eigenvalue weighted by atomic mass is 9.96. The third-order valence-corrected chi connectivity index (χ3v) is 3.65. The largest absolute Gasteiger partial charge is 0.388 e. The van der Waals surface area contributed by atoms with Crippen LogP contribution in [0.1, 0.15) is 28.4 Å². The molecule has 0 aromatic heterocycles. The van der Waals surface area contributed by atoms with Gasteiger partial charge in [-0.25, -0.2) is 4.39 Å². The molecule has 2 rings (SSSR count). The molecule has 2 aromatic carbocycles. The summed E-state index contributed by atoms with van der Waals surface area (Å²) in [5.41, 5.74) is 3.65. The maximum Gasteiger partial charge on any atom is 0.142 e. The van der Waals surface area contributed by atoms with E-state index in [2.05, 4.69) is 0 Å². The van der Waals surface area contributed by atoms with Crippen molar-refractivity contribution in [1.29, 1.82) is 0 Å². The minimum atomic E-state index is -0.681. The summed E-state index contributed by atoms with van der Waals surface area (Å²) in [5.74, 6) is -0.452. The first-order valence-corrected chi connectivity index (χ1v) is 6.55. The van der Waals surface area contributed by atoms with Crippen molar-refractivity contribution in [3.63, 3.8) is 0 Å². The van der Waals surface area contributed by atoms with Crippen LogP contribution in [0.3, 0.4) is 0 Å². The van der Waals surface area contributed by atoms with Crippen molar-refractivity contribution < 1.29 is 9.50 Å². The van der Waals surface area contributed by atoms with Crippen LogP contribution in [-0.2, 0) is 6.42 Å². The van der Waals surface area contributed by atoms with Crippen molar-refractivity contribution in [2.24, 2.45) is 0 Å². The first-order chi connectivity index (χ1) is 8.99. The summed E-state index contributed by atoms with van der Waals surface area (Å²) in [6, 6.07) is 10.5. The van der Waals surface area contributed by atoms with Crippen LogP contribution in [0.4, 0.5) is 4.39 Å². The Morgan fingerprint density at radius 3 is 2.63 bits per heavy atom. The molecule has 1 nitrogen and oxygen atoms in total. The van der Waals surface area contributed by atoms with Gasteiger partial charge in [-0.3, -0.25) is 0 Å². The number of aliphatic hydroxyl groups is 1. The van der Waals surface area contributed by atoms with Crippen molar-refractivity contribution in [2.75, 3.05) is 0 Å². The van der Waals surface area contributed by atoms with Crippen molar-refractivity contribution in [2.45, 2.75) is 26.4 Å². The van der Waals surface area contributed by atoms with Gasteiger partial charge < -0.3 is 5.11 Å². The molecule has 0 saturated carbocycles. The molecule has 0 spiro atoms. The van der Waals surface area contributed by atoms with Crippen molar-refractivity contribution in [3.8, 4) is 0 Å². The molecule has 19 heavy (non-hydrogen) atoms. The maximum atomic E-state index is 13.4. The van der Waals surface area contributed by atoms with E-state index in [9.17, 15) is 9.50 Å². The minimum absolute atomic E-state index is 0.0892. The highest BCUT2D eigenvalue weighted by Gasteiger charge is 2.14. The summed E-state index contributed by atoms with van der Waals surface area (Å²) < 4.78 is 13.4. The fourth-order valence-electron chi connectivity index (χ4n) is 2.22. The van der Waals surface area contributed by atoms with Crippen LogP contribution < -0.4 is 0 Å². The molecular formula is C16H16ClFO. The Labute approximate surface area is 117 Å². The number of aryl methyl sites for hydroxylation is 2. The van der Waals surface area contributed by atoms with Crippen molar-refractivity contribution in [3.05, 3.63) is 69.5 Å². The van der Waals surface area contributed by atoms with Gasteiger partial charge in [0, 0.05) is 6.42 Å². The van der Waals surface area contributed by atoms with E-state index >= 15 is 0 Å². The second kappa shape index (κ2) is 5.72. The van der Waals surface area contributed by atoms with E-state index in [1.54, 1.807) is 12.1 Å². The molecule has 100 valence electrons. The second-order valence-electron chi connectivity index (χ2n) is 4.79. The van der Waals surface area contributed by atoms with E-state index in [0.717, 1.165) is 16.7 Å². The second-order valence-corrected chi connectivity index (χ2v) is 5.17. The highest BCUT2D eigenvalue weighted by atomic mass is 35.5. The molecule has 0 radical (unpaired) electrons. The molecule has 1 N–H and O–H groups in total. The Balaban J connectivity index is 2.25. The molecule has 2 aromatic rings. The Bertz CT molecular complexity index is 595. The van der Waals surface area contributed by atoms with Gasteiger partial charge in [-0.15, -0.1) is 0 Å². The molecule has 0 fully saturated rings. The lowest BCUT2D eigenvalue weighted by molar-refractivity contribution is 0.177. The average Bonchev–Trinajstić information content (AvgIpc) is 2.34. The summed E-state index contributed by atoms with van der Waals surface area (Å²) in [4.78, 5) is 0. The molecule has 0 amide bonds. The fourth-order valence-corrected chi connectivity index (χ4v) is 2.43. The number of hydrogen-bond acceptors (Lipinski definition) is 1. The maximum absolute atomic E-state index is 13.4. The topological polar surface area (TPSA) is 20.2 Å². The molecular weight excluding hydrogens is 263 g/mol. The molecule has 1 unspecified atom stereocenters. The van der Waals surface area contributed by atoms with Gasteiger partial charge >= 0.3 is 0 Å². The summed E-state index contributed by atoms with van der Waals surface area (Å²) >= 11 is 5.90. The van der Waals surface area contributed by atoms with Gasteiger partial charge in [0.25, 0.3) is 0 Å². The van der Waals surface area contributed by atoms with E-state index in [1.807, 2.05) is 32.0 Å². The van der Waals surface area contributed by atoms with Gasteiger partial charge in [0.1, 0.15) is 5.82 Å². The Morgan fingerprint density at radius 1 is 1.21 bits per heavy atom. The molecule has 0 heterocycles. The van der Waals surface area contributed by atoms with E-state index in [-0.39, 0.29) is 5.02 Å². The third-order valence-electron chi connectivity index (χ3n) is 3.23. The van der Waals surface area contributed by atoms with E-state index in [0.29, 0.717) is 12.0 Å². The van der Waals surface area contributed by atoms with Gasteiger partial charge in [0.2, 0.25) is 0 Å². The summed E-state index contributed by atoms with van der Waals surface area (Å²) in [6.45, 7) is 3.96. The van der Waals surface area contributed by atoms with Gasteiger partial charge in [-0.05, 0) is 36.6 Å². The Kier molecular flexibility index (Phi) is 4.23. The molecule has 0 aliphatic heterocycles. The van der Waals surface area contributed by atoms with Crippen LogP contribution in [0.2, 0.25) is 5.02 Å².